The van der Waals surface area contributed by atoms with Crippen LogP contribution in [0.5, 0.6) is 5.88 Å². The van der Waals surface area contributed by atoms with Gasteiger partial charge in [-0.2, -0.15) is 0 Å². The molecule has 0 saturated carbocycles. The van der Waals surface area contributed by atoms with Crippen LogP contribution in [0, 0.1) is 20.8 Å². The number of hydrogen-bond acceptors (Lipinski definition) is 5. The van der Waals surface area contributed by atoms with Crippen LogP contribution in [0.2, 0.25) is 0 Å². The van der Waals surface area contributed by atoms with Crippen LogP contribution in [0.25, 0.3) is 0 Å². The van der Waals surface area contributed by atoms with Gasteiger partial charge in [-0.25, -0.2) is 4.98 Å². The van der Waals surface area contributed by atoms with Gasteiger partial charge < -0.3 is 14.2 Å². The number of amides is 1. The van der Waals surface area contributed by atoms with Crippen LogP contribution in [0.4, 0.5) is 0 Å². The van der Waals surface area contributed by atoms with Gasteiger partial charge >= 0.3 is 0 Å². The van der Waals surface area contributed by atoms with E-state index in [0.717, 1.165) is 23.2 Å². The minimum absolute atomic E-state index is 0.00109. The van der Waals surface area contributed by atoms with Crippen molar-refractivity contribution in [2.24, 2.45) is 0 Å². The predicted molar refractivity (Wildman–Crippen MR) is 84.3 cm³/mol. The van der Waals surface area contributed by atoms with Crippen molar-refractivity contribution < 1.29 is 14.1 Å². The number of ether oxygens (including phenoxy) is 1. The van der Waals surface area contributed by atoms with Gasteiger partial charge in [0.1, 0.15) is 11.9 Å². The van der Waals surface area contributed by atoms with E-state index < -0.39 is 0 Å². The molecule has 3 heterocycles. The van der Waals surface area contributed by atoms with Crippen molar-refractivity contribution in [3.05, 3.63) is 40.9 Å². The van der Waals surface area contributed by atoms with Crippen LogP contribution < -0.4 is 4.74 Å². The summed E-state index contributed by atoms with van der Waals surface area (Å²) >= 11 is 0. The molecule has 1 unspecified atom stereocenters. The van der Waals surface area contributed by atoms with Crippen molar-refractivity contribution in [2.45, 2.75) is 39.7 Å². The zero-order chi connectivity index (χ0) is 16.4. The smallest absolute Gasteiger partial charge is 0.227 e. The SMILES string of the molecule is Cc1ccc(OC2CCN(C(=O)Cc3c(C)noc3C)C2)nc1. The predicted octanol–water partition coefficient (Wildman–Crippen LogP) is 2.22. The van der Waals surface area contributed by atoms with Gasteiger partial charge in [0.15, 0.2) is 0 Å². The average molecular weight is 315 g/mol. The molecule has 1 aliphatic heterocycles. The van der Waals surface area contributed by atoms with E-state index in [4.69, 9.17) is 9.26 Å². The maximum absolute atomic E-state index is 12.4. The van der Waals surface area contributed by atoms with E-state index in [1.54, 1.807) is 6.20 Å². The first-order valence-corrected chi connectivity index (χ1v) is 7.82. The van der Waals surface area contributed by atoms with E-state index in [9.17, 15) is 4.79 Å². The number of aromatic nitrogens is 2. The fraction of sp³-hybridized carbons (Fsp3) is 0.471. The molecule has 0 aromatic carbocycles. The Morgan fingerprint density at radius 2 is 2.22 bits per heavy atom. The molecule has 1 atom stereocenters. The summed E-state index contributed by atoms with van der Waals surface area (Å²) in [6, 6.07) is 3.83. The molecule has 122 valence electrons. The fourth-order valence-electron chi connectivity index (χ4n) is 2.76. The Morgan fingerprint density at radius 1 is 1.39 bits per heavy atom. The Hall–Kier alpha value is -2.37. The lowest BCUT2D eigenvalue weighted by molar-refractivity contribution is -0.129. The van der Waals surface area contributed by atoms with Crippen LogP contribution in [0.15, 0.2) is 22.9 Å². The summed E-state index contributed by atoms with van der Waals surface area (Å²) in [5, 5.41) is 3.89. The molecule has 6 heteroatoms. The van der Waals surface area contributed by atoms with Crippen molar-refractivity contribution >= 4 is 5.91 Å². The van der Waals surface area contributed by atoms with E-state index in [1.807, 2.05) is 37.8 Å². The number of nitrogens with zero attached hydrogens (tertiary/aromatic N) is 3. The molecule has 23 heavy (non-hydrogen) atoms. The van der Waals surface area contributed by atoms with E-state index in [1.165, 1.54) is 0 Å². The maximum atomic E-state index is 12.4. The van der Waals surface area contributed by atoms with Crippen LogP contribution in [0.1, 0.15) is 29.0 Å². The van der Waals surface area contributed by atoms with Gasteiger partial charge in [0.25, 0.3) is 0 Å². The van der Waals surface area contributed by atoms with Crippen molar-refractivity contribution in [3.8, 4) is 5.88 Å². The third-order valence-electron chi connectivity index (χ3n) is 4.18. The molecule has 0 radical (unpaired) electrons. The third kappa shape index (κ3) is 3.52. The first-order valence-electron chi connectivity index (χ1n) is 7.82. The molecule has 6 nitrogen and oxygen atoms in total. The van der Waals surface area contributed by atoms with E-state index in [-0.39, 0.29) is 12.0 Å². The summed E-state index contributed by atoms with van der Waals surface area (Å²) in [6.45, 7) is 6.98. The second kappa shape index (κ2) is 6.40. The summed E-state index contributed by atoms with van der Waals surface area (Å²) in [5.41, 5.74) is 2.77. The van der Waals surface area contributed by atoms with E-state index in [0.29, 0.717) is 31.2 Å². The molecule has 0 aliphatic carbocycles. The summed E-state index contributed by atoms with van der Waals surface area (Å²) < 4.78 is 11.0. The largest absolute Gasteiger partial charge is 0.472 e. The van der Waals surface area contributed by atoms with Crippen molar-refractivity contribution in [3.63, 3.8) is 0 Å². The quantitative estimate of drug-likeness (QED) is 0.865. The van der Waals surface area contributed by atoms with Crippen LogP contribution in [-0.4, -0.2) is 40.1 Å². The molecular formula is C17H21N3O3. The number of hydrogen-bond donors (Lipinski definition) is 0. The molecule has 0 bridgehead atoms. The second-order valence-corrected chi connectivity index (χ2v) is 6.02. The first kappa shape index (κ1) is 15.5. The molecule has 1 aliphatic rings. The lowest BCUT2D eigenvalue weighted by Crippen LogP contribution is -2.32. The number of carbonyl (C=O) groups excluding carboxylic acids is 1. The molecule has 1 fully saturated rings. The zero-order valence-corrected chi connectivity index (χ0v) is 13.7. The molecule has 1 saturated heterocycles. The lowest BCUT2D eigenvalue weighted by Gasteiger charge is -2.17. The Kier molecular flexibility index (Phi) is 4.32. The summed E-state index contributed by atoms with van der Waals surface area (Å²) in [4.78, 5) is 18.5. The van der Waals surface area contributed by atoms with Crippen LogP contribution >= 0.6 is 0 Å². The number of aryl methyl sites for hydroxylation is 3. The minimum Gasteiger partial charge on any atom is -0.472 e. The Bertz CT molecular complexity index is 674. The van der Waals surface area contributed by atoms with Crippen LogP contribution in [-0.2, 0) is 11.2 Å². The number of likely N-dealkylation sites (tertiary alicyclic amines) is 1. The Balaban J connectivity index is 1.56. The second-order valence-electron chi connectivity index (χ2n) is 6.02. The van der Waals surface area contributed by atoms with Crippen molar-refractivity contribution in [2.75, 3.05) is 13.1 Å². The van der Waals surface area contributed by atoms with Gasteiger partial charge in [0.05, 0.1) is 18.7 Å². The normalized spacial score (nSPS) is 17.5. The molecular weight excluding hydrogens is 294 g/mol. The van der Waals surface area contributed by atoms with Crippen molar-refractivity contribution in [1.29, 1.82) is 0 Å². The van der Waals surface area contributed by atoms with Gasteiger partial charge in [-0.05, 0) is 26.3 Å². The number of pyridine rings is 1. The molecule has 0 spiro atoms. The average Bonchev–Trinajstić information content (AvgIpc) is 3.11. The molecule has 2 aromatic rings. The van der Waals surface area contributed by atoms with E-state index in [2.05, 4.69) is 10.1 Å². The Labute approximate surface area is 135 Å². The van der Waals surface area contributed by atoms with Gasteiger partial charge in [0.2, 0.25) is 11.8 Å². The number of rotatable bonds is 4. The highest BCUT2D eigenvalue weighted by Crippen LogP contribution is 2.19. The number of carbonyl (C=O) groups is 1. The topological polar surface area (TPSA) is 68.5 Å². The standard InChI is InChI=1S/C17H21N3O3/c1-11-4-5-16(18-9-11)22-14-6-7-20(10-14)17(21)8-15-12(2)19-23-13(15)3/h4-5,9,14H,6-8,10H2,1-3H3. The zero-order valence-electron chi connectivity index (χ0n) is 13.7. The van der Waals surface area contributed by atoms with Gasteiger partial charge in [-0.15, -0.1) is 0 Å². The highest BCUT2D eigenvalue weighted by molar-refractivity contribution is 5.79. The molecule has 2 aromatic heterocycles. The van der Waals surface area contributed by atoms with Crippen LogP contribution in [0.3, 0.4) is 0 Å². The summed E-state index contributed by atoms with van der Waals surface area (Å²) in [7, 11) is 0. The van der Waals surface area contributed by atoms with Crippen molar-refractivity contribution in [1.82, 2.24) is 15.0 Å². The first-order chi connectivity index (χ1) is 11.0. The fourth-order valence-corrected chi connectivity index (χ4v) is 2.76. The highest BCUT2D eigenvalue weighted by Gasteiger charge is 2.28. The minimum atomic E-state index is -0.00109. The summed E-state index contributed by atoms with van der Waals surface area (Å²) in [5.74, 6) is 1.41. The molecule has 0 N–H and O–H groups in total. The highest BCUT2D eigenvalue weighted by atomic mass is 16.5. The Morgan fingerprint density at radius 3 is 2.87 bits per heavy atom. The lowest BCUT2D eigenvalue weighted by atomic mass is 10.1. The van der Waals surface area contributed by atoms with Gasteiger partial charge in [-0.1, -0.05) is 11.2 Å². The van der Waals surface area contributed by atoms with Gasteiger partial charge in [0, 0.05) is 30.8 Å². The summed E-state index contributed by atoms with van der Waals surface area (Å²) in [6.07, 6.45) is 2.93. The molecule has 3 rings (SSSR count). The monoisotopic (exact) mass is 315 g/mol. The maximum Gasteiger partial charge on any atom is 0.227 e. The molecule has 1 amide bonds. The third-order valence-corrected chi connectivity index (χ3v) is 4.18. The van der Waals surface area contributed by atoms with Gasteiger partial charge in [-0.3, -0.25) is 4.79 Å². The van der Waals surface area contributed by atoms with E-state index >= 15 is 0 Å².